The Hall–Kier alpha value is -10.6. The summed E-state index contributed by atoms with van der Waals surface area (Å²) in [6, 6.07) is 111. The summed E-state index contributed by atoms with van der Waals surface area (Å²) in [5.74, 6) is 0. The highest BCUT2D eigenvalue weighted by atomic mass is 16.5. The van der Waals surface area contributed by atoms with Crippen LogP contribution in [0.3, 0.4) is 0 Å². The molecule has 483 valence electrons. The largest absolute Gasteiger partial charge is 0.427 e. The van der Waals surface area contributed by atoms with E-state index in [0.29, 0.717) is 0 Å². The number of hydrogen-bond acceptors (Lipinski definition) is 4. The number of aryl methyl sites for hydroxylation is 5. The summed E-state index contributed by atoms with van der Waals surface area (Å²) in [4.78, 5) is 4.76. The van der Waals surface area contributed by atoms with Crippen LogP contribution in [0.25, 0.3) is 89.0 Å². The minimum atomic E-state index is -0.987. The van der Waals surface area contributed by atoms with Gasteiger partial charge in [-0.25, -0.2) is 0 Å². The molecule has 0 unspecified atom stereocenters. The Morgan fingerprint density at radius 1 is 0.296 bits per heavy atom. The number of rotatable bonds is 22. The third kappa shape index (κ3) is 14.7. The van der Waals surface area contributed by atoms with Crippen molar-refractivity contribution >= 4 is 47.1 Å². The molecule has 0 aliphatic rings. The zero-order valence-corrected chi connectivity index (χ0v) is 58.0. The van der Waals surface area contributed by atoms with Crippen molar-refractivity contribution < 1.29 is 9.76 Å². The average molecular weight is 1270 g/mol. The van der Waals surface area contributed by atoms with Gasteiger partial charge in [0.15, 0.2) is 0 Å². The van der Waals surface area contributed by atoms with Gasteiger partial charge in [-0.2, -0.15) is 0 Å². The van der Waals surface area contributed by atoms with Crippen LogP contribution in [0.5, 0.6) is 0 Å². The second kappa shape index (κ2) is 29.0. The first kappa shape index (κ1) is 66.1. The molecule has 0 amide bonds. The lowest BCUT2D eigenvalue weighted by molar-refractivity contribution is -0.0893. The maximum Gasteiger partial charge on any atom is 0.330 e. The van der Waals surface area contributed by atoms with E-state index in [9.17, 15) is 5.11 Å². The third-order valence-corrected chi connectivity index (χ3v) is 19.7. The lowest BCUT2D eigenvalue weighted by Gasteiger charge is -2.37. The average Bonchev–Trinajstić information content (AvgIpc) is 0.792. The van der Waals surface area contributed by atoms with Gasteiger partial charge in [-0.15, -0.1) is 0 Å². The fourth-order valence-electron chi connectivity index (χ4n) is 13.2. The van der Waals surface area contributed by atoms with Crippen LogP contribution in [-0.2, 0) is 17.5 Å². The molecule has 0 saturated heterocycles. The summed E-state index contributed by atoms with van der Waals surface area (Å²) in [5, 5.41) is 10.6. The molecule has 98 heavy (non-hydrogen) atoms. The third-order valence-electron chi connectivity index (χ3n) is 19.7. The first-order chi connectivity index (χ1) is 47.6. The van der Waals surface area contributed by atoms with E-state index in [-0.39, 0.29) is 0 Å². The zero-order chi connectivity index (χ0) is 67.9. The van der Waals surface area contributed by atoms with Crippen molar-refractivity contribution in [3.05, 3.63) is 331 Å². The minimum Gasteiger partial charge on any atom is -0.427 e. The lowest BCUT2D eigenvalue weighted by atomic mass is 9.82. The molecule has 5 heteroatoms. The first-order valence-corrected chi connectivity index (χ1v) is 34.7. The summed E-state index contributed by atoms with van der Waals surface area (Å²) >= 11 is 0. The van der Waals surface area contributed by atoms with Gasteiger partial charge in [0.2, 0.25) is 0 Å². The van der Waals surface area contributed by atoms with Gasteiger partial charge in [0.25, 0.3) is 0 Å². The van der Waals surface area contributed by atoms with E-state index in [1.165, 1.54) is 100 Å². The molecule has 0 heterocycles. The highest BCUT2D eigenvalue weighted by Gasteiger charge is 2.35. The van der Waals surface area contributed by atoms with Gasteiger partial charge < -0.3 is 19.6 Å². The van der Waals surface area contributed by atoms with E-state index in [1.807, 2.05) is 13.8 Å². The monoisotopic (exact) mass is 1270 g/mol. The second-order valence-electron chi connectivity index (χ2n) is 27.2. The van der Waals surface area contributed by atoms with Crippen LogP contribution in [-0.4, -0.2) is 23.8 Å². The maximum absolute atomic E-state index is 10.6. The molecule has 0 atom stereocenters. The Labute approximate surface area is 582 Å². The second-order valence-corrected chi connectivity index (χ2v) is 27.2. The molecule has 0 spiro atoms. The van der Waals surface area contributed by atoms with Crippen molar-refractivity contribution in [1.82, 2.24) is 0 Å². The number of benzene rings is 13. The van der Waals surface area contributed by atoms with Crippen LogP contribution >= 0.6 is 0 Å². The highest BCUT2D eigenvalue weighted by molar-refractivity contribution is 6.47. The first-order valence-electron chi connectivity index (χ1n) is 34.7. The smallest absolute Gasteiger partial charge is 0.330 e. The van der Waals surface area contributed by atoms with Gasteiger partial charge in [0.05, 0.1) is 11.2 Å². The molecule has 0 aromatic heterocycles. The summed E-state index contributed by atoms with van der Waals surface area (Å²) in [7, 11) is 1.73. The fourth-order valence-corrected chi connectivity index (χ4v) is 13.2. The summed E-state index contributed by atoms with van der Waals surface area (Å²) in [5.41, 5.74) is 31.2. The Bertz CT molecular complexity index is 4730. The van der Waals surface area contributed by atoms with E-state index in [4.69, 9.17) is 4.65 Å². The predicted molar refractivity (Wildman–Crippen MR) is 418 cm³/mol. The Kier molecular flexibility index (Phi) is 19.6. The molecule has 0 aliphatic heterocycles. The summed E-state index contributed by atoms with van der Waals surface area (Å²) in [6.07, 6.45) is 4.49. The van der Waals surface area contributed by atoms with Gasteiger partial charge in [-0.1, -0.05) is 263 Å². The number of aliphatic hydroxyl groups is 1. The molecule has 13 aromatic rings. The molecule has 13 rings (SSSR count). The van der Waals surface area contributed by atoms with Crippen molar-refractivity contribution in [2.45, 2.75) is 99.2 Å². The lowest BCUT2D eigenvalue weighted by Crippen LogP contribution is -2.49. The zero-order valence-electron chi connectivity index (χ0n) is 58.0. The van der Waals surface area contributed by atoms with Crippen LogP contribution in [0, 0.1) is 20.8 Å². The van der Waals surface area contributed by atoms with Crippen LogP contribution in [0.1, 0.15) is 82.2 Å². The van der Waals surface area contributed by atoms with Crippen LogP contribution in [0.2, 0.25) is 0 Å². The van der Waals surface area contributed by atoms with E-state index in [1.54, 1.807) is 21.3 Å². The molecule has 0 fully saturated rings. The van der Waals surface area contributed by atoms with Crippen molar-refractivity contribution in [2.24, 2.45) is 0 Å². The summed E-state index contributed by atoms with van der Waals surface area (Å²) in [6.45, 7) is 18.5. The van der Waals surface area contributed by atoms with Crippen LogP contribution in [0.4, 0.5) is 34.1 Å². The molecule has 0 bridgehead atoms. The molecule has 1 radical (unpaired) electrons. The van der Waals surface area contributed by atoms with Crippen molar-refractivity contribution in [3.8, 4) is 89.0 Å². The highest BCUT2D eigenvalue weighted by Crippen LogP contribution is 2.43. The van der Waals surface area contributed by atoms with Crippen molar-refractivity contribution in [3.63, 3.8) is 0 Å². The van der Waals surface area contributed by atoms with Gasteiger partial charge in [-0.05, 0) is 251 Å². The van der Waals surface area contributed by atoms with Crippen LogP contribution < -0.4 is 15.3 Å². The normalized spacial score (nSPS) is 11.6. The topological polar surface area (TPSA) is 35.9 Å². The van der Waals surface area contributed by atoms with Gasteiger partial charge in [0.1, 0.15) is 0 Å². The molecular formula is C93H86BN2O2. The van der Waals surface area contributed by atoms with Crippen molar-refractivity contribution in [2.75, 3.05) is 9.80 Å². The number of nitrogens with zero attached hydrogens (tertiary/aromatic N) is 2. The predicted octanol–water partition coefficient (Wildman–Crippen LogP) is 24.6. The minimum absolute atomic E-state index is 0.733. The maximum atomic E-state index is 10.6. The molecule has 0 aliphatic carbocycles. The van der Waals surface area contributed by atoms with E-state index < -0.39 is 11.2 Å². The molecular weight excluding hydrogens is 1190 g/mol. The SMILES string of the molecule is CCCc1ccc(-c2ccc(N(c3ccc(-c4ccc(CCC)cc4)cc3)c3ccc(-c4ccc(-c5ccc(-c6ccc(N(c7ccc(-c8ccccc8)cc7)c7ccc(-c8ccc(-c9ccc([B]OC(C)(C)C(C)(C)O)cc9)cc8)c(C)c7)cc6C)cc5)cc4)c(C)c3)cc2)cc1. The van der Waals surface area contributed by atoms with Gasteiger partial charge in [0, 0.05) is 34.1 Å². The van der Waals surface area contributed by atoms with E-state index in [2.05, 4.69) is 348 Å². The van der Waals surface area contributed by atoms with Crippen molar-refractivity contribution in [1.29, 1.82) is 0 Å². The molecule has 0 saturated carbocycles. The Morgan fingerprint density at radius 3 is 0.827 bits per heavy atom. The van der Waals surface area contributed by atoms with E-state index >= 15 is 0 Å². The van der Waals surface area contributed by atoms with Gasteiger partial charge in [-0.3, -0.25) is 0 Å². The Balaban J connectivity index is 0.726. The fraction of sp³-hybridized carbons (Fsp3) is 0.161. The molecule has 1 N–H and O–H groups in total. The molecule has 13 aromatic carbocycles. The van der Waals surface area contributed by atoms with E-state index in [0.717, 1.165) is 82.0 Å². The van der Waals surface area contributed by atoms with Gasteiger partial charge >= 0.3 is 7.48 Å². The molecule has 4 nitrogen and oxygen atoms in total. The quantitative estimate of drug-likeness (QED) is 0.0686. The van der Waals surface area contributed by atoms with Crippen LogP contribution in [0.15, 0.2) is 303 Å². The summed E-state index contributed by atoms with van der Waals surface area (Å²) < 4.78 is 6.01. The Morgan fingerprint density at radius 2 is 0.541 bits per heavy atom. The standard InChI is InChI=1S/C93H86BN2O2/c1-10-15-67-19-23-70(24-20-67)77-43-49-83(50-44-77)95(84-51-45-78(46-52-84)71-25-21-68(16-11-2)22-26-71)86-55-58-89(64(3)61-86)79-33-27-72(28-34-79)73-29-35-80(36-30-73)90-59-56-87(62-65(90)4)96(85-53-41-76(42-54-85)69-17-13-12-14-18-69)88-57-60-91(66(5)63-88)81-37-31-74(32-38-81)75-39-47-82(48-40-75)94-98-93(8,9)92(6,7)97/h12-14,17-63,97H,10-11,15-16H2,1-9H3. The number of anilines is 6. The number of hydrogen-bond donors (Lipinski definition) is 1.